The van der Waals surface area contributed by atoms with Crippen molar-refractivity contribution in [2.75, 3.05) is 24.7 Å². The van der Waals surface area contributed by atoms with Crippen LogP contribution in [0.3, 0.4) is 0 Å². The van der Waals surface area contributed by atoms with E-state index in [0.29, 0.717) is 19.0 Å². The Kier molecular flexibility index (Phi) is 8.71. The zero-order chi connectivity index (χ0) is 10.1. The standard InChI is InChI=1S/C9H20O3S/c1-4-7-13(10)8-9(11-5-2)12-6-3/h9H,4-8H2,1-3H3. The first-order valence-electron chi connectivity index (χ1n) is 4.82. The van der Waals surface area contributed by atoms with E-state index in [4.69, 9.17) is 9.47 Å². The van der Waals surface area contributed by atoms with Gasteiger partial charge in [-0.3, -0.25) is 4.21 Å². The van der Waals surface area contributed by atoms with Crippen LogP contribution < -0.4 is 0 Å². The Morgan fingerprint density at radius 2 is 1.69 bits per heavy atom. The second-order valence-corrected chi connectivity index (χ2v) is 4.27. The van der Waals surface area contributed by atoms with Crippen LogP contribution in [0.1, 0.15) is 27.2 Å². The highest BCUT2D eigenvalue weighted by molar-refractivity contribution is 7.85. The number of ether oxygens (including phenoxy) is 2. The first kappa shape index (κ1) is 13.1. The summed E-state index contributed by atoms with van der Waals surface area (Å²) in [6.45, 7) is 7.06. The third-order valence-corrected chi connectivity index (χ3v) is 2.97. The van der Waals surface area contributed by atoms with Crippen LogP contribution >= 0.6 is 0 Å². The van der Waals surface area contributed by atoms with Gasteiger partial charge in [0, 0.05) is 29.8 Å². The molecule has 0 bridgehead atoms. The van der Waals surface area contributed by atoms with Gasteiger partial charge in [0.2, 0.25) is 0 Å². The summed E-state index contributed by atoms with van der Waals surface area (Å²) in [5.41, 5.74) is 0. The molecule has 0 fully saturated rings. The predicted octanol–water partition coefficient (Wildman–Crippen LogP) is 1.54. The van der Waals surface area contributed by atoms with Crippen molar-refractivity contribution >= 4 is 10.8 Å². The van der Waals surface area contributed by atoms with Gasteiger partial charge in [0.25, 0.3) is 0 Å². The van der Waals surface area contributed by atoms with Gasteiger partial charge in [0.15, 0.2) is 6.29 Å². The highest BCUT2D eigenvalue weighted by atomic mass is 32.2. The zero-order valence-corrected chi connectivity index (χ0v) is 9.56. The monoisotopic (exact) mass is 208 g/mol. The molecule has 4 heteroatoms. The Hall–Kier alpha value is 0.0700. The van der Waals surface area contributed by atoms with Gasteiger partial charge < -0.3 is 9.47 Å². The largest absolute Gasteiger partial charge is 0.352 e. The van der Waals surface area contributed by atoms with Gasteiger partial charge in [-0.2, -0.15) is 0 Å². The topological polar surface area (TPSA) is 35.5 Å². The summed E-state index contributed by atoms with van der Waals surface area (Å²) in [6, 6.07) is 0. The SMILES string of the molecule is CCCS(=O)CC(OCC)OCC. The van der Waals surface area contributed by atoms with Crippen LogP contribution in [0.15, 0.2) is 0 Å². The lowest BCUT2D eigenvalue weighted by atomic mass is 10.6. The minimum absolute atomic E-state index is 0.289. The van der Waals surface area contributed by atoms with Crippen LogP contribution in [-0.2, 0) is 20.3 Å². The maximum atomic E-state index is 11.4. The van der Waals surface area contributed by atoms with Crippen molar-refractivity contribution in [3.8, 4) is 0 Å². The molecule has 0 aromatic carbocycles. The molecule has 0 saturated heterocycles. The molecule has 0 aliphatic heterocycles. The summed E-state index contributed by atoms with van der Waals surface area (Å²) in [6.07, 6.45) is 0.653. The van der Waals surface area contributed by atoms with Gasteiger partial charge in [0.1, 0.15) is 0 Å². The Labute approximate surface area is 83.3 Å². The van der Waals surface area contributed by atoms with Crippen molar-refractivity contribution < 1.29 is 13.7 Å². The average molecular weight is 208 g/mol. The van der Waals surface area contributed by atoms with Crippen LogP contribution in [0.4, 0.5) is 0 Å². The van der Waals surface area contributed by atoms with Crippen LogP contribution in [0, 0.1) is 0 Å². The molecule has 0 aromatic rings. The van der Waals surface area contributed by atoms with Crippen molar-refractivity contribution in [1.29, 1.82) is 0 Å². The van der Waals surface area contributed by atoms with E-state index in [1.165, 1.54) is 0 Å². The van der Waals surface area contributed by atoms with Gasteiger partial charge >= 0.3 is 0 Å². The molecule has 0 spiro atoms. The van der Waals surface area contributed by atoms with Gasteiger partial charge in [0.05, 0.1) is 5.75 Å². The van der Waals surface area contributed by atoms with Crippen molar-refractivity contribution in [3.63, 3.8) is 0 Å². The van der Waals surface area contributed by atoms with E-state index in [9.17, 15) is 4.21 Å². The normalized spacial score (nSPS) is 13.5. The molecule has 80 valence electrons. The molecule has 0 aliphatic rings. The summed E-state index contributed by atoms with van der Waals surface area (Å²) in [5, 5.41) is 0. The molecule has 0 saturated carbocycles. The Morgan fingerprint density at radius 3 is 2.08 bits per heavy atom. The quantitative estimate of drug-likeness (QED) is 0.568. The summed E-state index contributed by atoms with van der Waals surface area (Å²) < 4.78 is 21.9. The lowest BCUT2D eigenvalue weighted by Gasteiger charge is -2.15. The molecule has 0 amide bonds. The Morgan fingerprint density at radius 1 is 1.15 bits per heavy atom. The smallest absolute Gasteiger partial charge is 0.168 e. The van der Waals surface area contributed by atoms with Gasteiger partial charge in [-0.1, -0.05) is 6.92 Å². The van der Waals surface area contributed by atoms with Crippen LogP contribution in [0.5, 0.6) is 0 Å². The molecule has 13 heavy (non-hydrogen) atoms. The summed E-state index contributed by atoms with van der Waals surface area (Å²) in [4.78, 5) is 0. The molecule has 0 radical (unpaired) electrons. The molecule has 0 aromatic heterocycles. The van der Waals surface area contributed by atoms with Crippen molar-refractivity contribution in [1.82, 2.24) is 0 Å². The predicted molar refractivity (Wildman–Crippen MR) is 55.2 cm³/mol. The minimum Gasteiger partial charge on any atom is -0.352 e. The third-order valence-electron chi connectivity index (χ3n) is 1.46. The molecule has 0 aliphatic carbocycles. The highest BCUT2D eigenvalue weighted by Crippen LogP contribution is 1.99. The van der Waals surface area contributed by atoms with E-state index in [2.05, 4.69) is 0 Å². The first-order valence-corrected chi connectivity index (χ1v) is 6.31. The molecular formula is C9H20O3S. The zero-order valence-electron chi connectivity index (χ0n) is 8.75. The van der Waals surface area contributed by atoms with E-state index in [1.54, 1.807) is 0 Å². The Bertz CT molecular complexity index is 133. The summed E-state index contributed by atoms with van der Waals surface area (Å²) in [5.74, 6) is 1.23. The number of hydrogen-bond donors (Lipinski definition) is 0. The van der Waals surface area contributed by atoms with Crippen molar-refractivity contribution in [2.24, 2.45) is 0 Å². The second kappa shape index (κ2) is 8.66. The van der Waals surface area contributed by atoms with Gasteiger partial charge in [-0.25, -0.2) is 0 Å². The van der Waals surface area contributed by atoms with Gasteiger partial charge in [-0.05, 0) is 20.3 Å². The first-order chi connectivity index (χ1) is 6.24. The van der Waals surface area contributed by atoms with Crippen LogP contribution in [0.2, 0.25) is 0 Å². The molecule has 3 nitrogen and oxygen atoms in total. The van der Waals surface area contributed by atoms with Crippen LogP contribution in [-0.4, -0.2) is 35.2 Å². The highest BCUT2D eigenvalue weighted by Gasteiger charge is 2.11. The average Bonchev–Trinajstić information content (AvgIpc) is 2.05. The van der Waals surface area contributed by atoms with E-state index < -0.39 is 10.8 Å². The van der Waals surface area contributed by atoms with E-state index in [1.807, 2.05) is 20.8 Å². The fourth-order valence-electron chi connectivity index (χ4n) is 0.979. The third kappa shape index (κ3) is 7.16. The van der Waals surface area contributed by atoms with Gasteiger partial charge in [-0.15, -0.1) is 0 Å². The molecule has 0 N–H and O–H groups in total. The summed E-state index contributed by atoms with van der Waals surface area (Å²) >= 11 is 0. The fraction of sp³-hybridized carbons (Fsp3) is 1.00. The molecule has 1 unspecified atom stereocenters. The molecular weight excluding hydrogens is 188 g/mol. The maximum absolute atomic E-state index is 11.4. The number of rotatable bonds is 8. The second-order valence-electron chi connectivity index (χ2n) is 2.65. The van der Waals surface area contributed by atoms with Crippen LogP contribution in [0.25, 0.3) is 0 Å². The molecule has 1 atom stereocenters. The van der Waals surface area contributed by atoms with E-state index >= 15 is 0 Å². The lowest BCUT2D eigenvalue weighted by molar-refractivity contribution is -0.120. The Balaban J connectivity index is 3.71. The maximum Gasteiger partial charge on any atom is 0.168 e. The van der Waals surface area contributed by atoms with E-state index in [0.717, 1.165) is 12.2 Å². The fourth-order valence-corrected chi connectivity index (χ4v) is 2.10. The minimum atomic E-state index is -0.803. The van der Waals surface area contributed by atoms with Crippen molar-refractivity contribution in [2.45, 2.75) is 33.5 Å². The summed E-state index contributed by atoms with van der Waals surface area (Å²) in [7, 11) is -0.803. The molecule has 0 heterocycles. The van der Waals surface area contributed by atoms with Crippen molar-refractivity contribution in [3.05, 3.63) is 0 Å². The molecule has 0 rings (SSSR count). The lowest BCUT2D eigenvalue weighted by Crippen LogP contribution is -2.25. The number of hydrogen-bond acceptors (Lipinski definition) is 3. The van der Waals surface area contributed by atoms with E-state index in [-0.39, 0.29) is 6.29 Å².